The lowest BCUT2D eigenvalue weighted by molar-refractivity contribution is -0.154. The van der Waals surface area contributed by atoms with Crippen molar-refractivity contribution >= 4 is 21.9 Å². The van der Waals surface area contributed by atoms with E-state index in [1.807, 2.05) is 13.8 Å². The molecule has 0 radical (unpaired) electrons. The summed E-state index contributed by atoms with van der Waals surface area (Å²) in [5, 5.41) is 2.54. The third-order valence-corrected chi connectivity index (χ3v) is 4.98. The van der Waals surface area contributed by atoms with Gasteiger partial charge in [-0.25, -0.2) is 13.1 Å². The molecule has 0 heterocycles. The first kappa shape index (κ1) is 21.1. The molecule has 0 fully saturated rings. The Morgan fingerprint density at radius 2 is 1.72 bits per heavy atom. The van der Waals surface area contributed by atoms with Gasteiger partial charge < -0.3 is 10.1 Å². The van der Waals surface area contributed by atoms with Gasteiger partial charge in [-0.05, 0) is 37.5 Å². The van der Waals surface area contributed by atoms with Gasteiger partial charge >= 0.3 is 5.97 Å². The van der Waals surface area contributed by atoms with Crippen molar-refractivity contribution in [3.63, 3.8) is 0 Å². The summed E-state index contributed by atoms with van der Waals surface area (Å²) in [6, 6.07) is 6.60. The Hall–Kier alpha value is -1.93. The second kappa shape index (κ2) is 9.53. The van der Waals surface area contributed by atoms with Gasteiger partial charge in [-0.1, -0.05) is 26.0 Å². The van der Waals surface area contributed by atoms with Crippen LogP contribution in [-0.4, -0.2) is 39.5 Å². The molecule has 0 aliphatic heterocycles. The predicted molar refractivity (Wildman–Crippen MR) is 94.6 cm³/mol. The number of sulfonamides is 1. The average molecular weight is 370 g/mol. The van der Waals surface area contributed by atoms with Crippen LogP contribution in [0, 0.1) is 0 Å². The van der Waals surface area contributed by atoms with Crippen molar-refractivity contribution in [2.24, 2.45) is 0 Å². The van der Waals surface area contributed by atoms with E-state index in [4.69, 9.17) is 4.74 Å². The number of rotatable bonds is 9. The minimum atomic E-state index is -3.69. The van der Waals surface area contributed by atoms with Gasteiger partial charge in [0.05, 0.1) is 11.3 Å². The minimum Gasteiger partial charge on any atom is -0.453 e. The van der Waals surface area contributed by atoms with Crippen molar-refractivity contribution in [1.82, 2.24) is 10.0 Å². The number of ether oxygens (including phenoxy) is 1. The Morgan fingerprint density at radius 3 is 2.24 bits per heavy atom. The first-order chi connectivity index (χ1) is 11.7. The molecule has 0 saturated carbocycles. The molecule has 140 valence electrons. The van der Waals surface area contributed by atoms with Crippen molar-refractivity contribution in [2.45, 2.75) is 51.0 Å². The molecule has 7 nitrogen and oxygen atoms in total. The van der Waals surface area contributed by atoms with Crippen LogP contribution in [-0.2, 0) is 24.3 Å². The van der Waals surface area contributed by atoms with Gasteiger partial charge in [0, 0.05) is 13.1 Å². The summed E-state index contributed by atoms with van der Waals surface area (Å²) in [5.74, 6) is -0.718. The Bertz CT molecular complexity index is 683. The Kier molecular flexibility index (Phi) is 8.05. The summed E-state index contributed by atoms with van der Waals surface area (Å²) < 4.78 is 31.7. The largest absolute Gasteiger partial charge is 0.453 e. The zero-order valence-electron chi connectivity index (χ0n) is 15.0. The molecule has 2 N–H and O–H groups in total. The zero-order chi connectivity index (χ0) is 19.0. The summed E-state index contributed by atoms with van der Waals surface area (Å²) in [7, 11) is -3.69. The van der Waals surface area contributed by atoms with Gasteiger partial charge in [-0.15, -0.1) is 0 Å². The summed E-state index contributed by atoms with van der Waals surface area (Å²) in [6.07, 6.45) is -1.07. The number of benzene rings is 1. The van der Waals surface area contributed by atoms with E-state index in [1.54, 1.807) is 19.1 Å². The van der Waals surface area contributed by atoms with Crippen LogP contribution in [0.3, 0.4) is 0 Å². The highest BCUT2D eigenvalue weighted by Crippen LogP contribution is 2.17. The molecular formula is C17H26N2O5S. The van der Waals surface area contributed by atoms with E-state index in [-0.39, 0.29) is 23.8 Å². The molecule has 1 amide bonds. The van der Waals surface area contributed by atoms with Gasteiger partial charge in [0.1, 0.15) is 0 Å². The fourth-order valence-corrected chi connectivity index (χ4v) is 3.06. The van der Waals surface area contributed by atoms with Crippen molar-refractivity contribution < 1.29 is 22.7 Å². The van der Waals surface area contributed by atoms with Crippen molar-refractivity contribution in [3.05, 3.63) is 29.8 Å². The predicted octanol–water partition coefficient (Wildman–Crippen LogP) is 1.55. The fraction of sp³-hybridized carbons (Fsp3) is 0.529. The SMILES string of the molecule is CCNC(=O)[C@H](C)OC(=O)CCNS(=O)(=O)c1ccc(C(C)C)cc1. The molecule has 25 heavy (non-hydrogen) atoms. The minimum absolute atomic E-state index is 0.102. The molecule has 1 atom stereocenters. The quantitative estimate of drug-likeness (QED) is 0.642. The van der Waals surface area contributed by atoms with E-state index in [2.05, 4.69) is 10.0 Å². The molecule has 0 spiro atoms. The number of amides is 1. The van der Waals surface area contributed by atoms with Gasteiger partial charge in [0.25, 0.3) is 5.91 Å². The third-order valence-electron chi connectivity index (χ3n) is 3.51. The van der Waals surface area contributed by atoms with E-state index in [0.717, 1.165) is 5.56 Å². The van der Waals surface area contributed by atoms with Gasteiger partial charge in [0.2, 0.25) is 10.0 Å². The van der Waals surface area contributed by atoms with Crippen molar-refractivity contribution in [2.75, 3.05) is 13.1 Å². The molecular weight excluding hydrogens is 344 g/mol. The summed E-state index contributed by atoms with van der Waals surface area (Å²) >= 11 is 0. The highest BCUT2D eigenvalue weighted by Gasteiger charge is 2.18. The lowest BCUT2D eigenvalue weighted by Crippen LogP contribution is -2.36. The standard InChI is InChI=1S/C17H26N2O5S/c1-5-18-17(21)13(4)24-16(20)10-11-19-25(22,23)15-8-6-14(7-9-15)12(2)3/h6-9,12-13,19H,5,10-11H2,1-4H3,(H,18,21)/t13-/m0/s1. The highest BCUT2D eigenvalue weighted by atomic mass is 32.2. The molecule has 0 unspecified atom stereocenters. The third kappa shape index (κ3) is 6.83. The first-order valence-corrected chi connectivity index (χ1v) is 9.72. The molecule has 0 aliphatic rings. The Labute approximate surface area is 149 Å². The molecule has 1 aromatic carbocycles. The lowest BCUT2D eigenvalue weighted by Gasteiger charge is -2.13. The normalized spacial score (nSPS) is 12.7. The fourth-order valence-electron chi connectivity index (χ4n) is 2.03. The van der Waals surface area contributed by atoms with Crippen LogP contribution in [0.2, 0.25) is 0 Å². The lowest BCUT2D eigenvalue weighted by atomic mass is 10.0. The summed E-state index contributed by atoms with van der Waals surface area (Å²) in [4.78, 5) is 23.3. The van der Waals surface area contributed by atoms with Crippen molar-refractivity contribution in [1.29, 1.82) is 0 Å². The van der Waals surface area contributed by atoms with Gasteiger partial charge in [-0.2, -0.15) is 0 Å². The van der Waals surface area contributed by atoms with Gasteiger partial charge in [-0.3, -0.25) is 9.59 Å². The number of carbonyl (C=O) groups is 2. The number of hydrogen-bond donors (Lipinski definition) is 2. The maximum absolute atomic E-state index is 12.2. The number of esters is 1. The van der Waals surface area contributed by atoms with Crippen LogP contribution in [0.1, 0.15) is 45.6 Å². The van der Waals surface area contributed by atoms with Crippen LogP contribution < -0.4 is 10.0 Å². The summed E-state index contributed by atoms with van der Waals surface area (Å²) in [5.41, 5.74) is 1.04. The second-order valence-corrected chi connectivity index (χ2v) is 7.67. The van der Waals surface area contributed by atoms with Crippen molar-refractivity contribution in [3.8, 4) is 0 Å². The topological polar surface area (TPSA) is 102 Å². The first-order valence-electron chi connectivity index (χ1n) is 8.24. The van der Waals surface area contributed by atoms with E-state index in [1.165, 1.54) is 19.1 Å². The molecule has 1 aromatic rings. The molecule has 1 rings (SSSR count). The zero-order valence-corrected chi connectivity index (χ0v) is 15.9. The smallest absolute Gasteiger partial charge is 0.307 e. The highest BCUT2D eigenvalue weighted by molar-refractivity contribution is 7.89. The molecule has 0 aromatic heterocycles. The van der Waals surface area contributed by atoms with Crippen LogP contribution in [0.5, 0.6) is 0 Å². The van der Waals surface area contributed by atoms with Crippen LogP contribution in [0.25, 0.3) is 0 Å². The molecule has 0 bridgehead atoms. The van der Waals surface area contributed by atoms with E-state index in [9.17, 15) is 18.0 Å². The van der Waals surface area contributed by atoms with Crippen LogP contribution in [0.4, 0.5) is 0 Å². The maximum Gasteiger partial charge on any atom is 0.307 e. The van der Waals surface area contributed by atoms with E-state index in [0.29, 0.717) is 12.5 Å². The molecule has 0 saturated heterocycles. The average Bonchev–Trinajstić information content (AvgIpc) is 2.54. The number of nitrogens with one attached hydrogen (secondary N) is 2. The van der Waals surface area contributed by atoms with Gasteiger partial charge in [0.15, 0.2) is 6.10 Å². The molecule has 0 aliphatic carbocycles. The Balaban J connectivity index is 2.51. The van der Waals surface area contributed by atoms with Crippen LogP contribution >= 0.6 is 0 Å². The monoisotopic (exact) mass is 370 g/mol. The Morgan fingerprint density at radius 1 is 1.12 bits per heavy atom. The summed E-state index contributed by atoms with van der Waals surface area (Å²) in [6.45, 7) is 7.61. The second-order valence-electron chi connectivity index (χ2n) is 5.90. The number of carbonyl (C=O) groups excluding carboxylic acids is 2. The van der Waals surface area contributed by atoms with E-state index < -0.39 is 22.1 Å². The molecule has 8 heteroatoms. The van der Waals surface area contributed by atoms with E-state index >= 15 is 0 Å². The maximum atomic E-state index is 12.2. The number of hydrogen-bond acceptors (Lipinski definition) is 5. The number of likely N-dealkylation sites (N-methyl/N-ethyl adjacent to an activating group) is 1. The van der Waals surface area contributed by atoms with Crippen LogP contribution in [0.15, 0.2) is 29.2 Å².